The third-order valence-electron chi connectivity index (χ3n) is 7.09. The Bertz CT molecular complexity index is 1560. The van der Waals surface area contributed by atoms with Crippen LogP contribution in [0.2, 0.25) is 0 Å². The van der Waals surface area contributed by atoms with E-state index in [1.54, 1.807) is 22.7 Å². The first-order valence-electron chi connectivity index (χ1n) is 13.2. The fourth-order valence-electron chi connectivity index (χ4n) is 4.76. The summed E-state index contributed by atoms with van der Waals surface area (Å²) >= 11 is 0. The maximum Gasteiger partial charge on any atom is 0.418 e. The summed E-state index contributed by atoms with van der Waals surface area (Å²) in [5, 5.41) is 10.0. The molecule has 0 unspecified atom stereocenters. The van der Waals surface area contributed by atoms with E-state index in [0.717, 1.165) is 6.07 Å². The first-order valence-corrected chi connectivity index (χ1v) is 13.2. The molecular formula is C28H30F4N8O. The SMILES string of the molecule is CCn1cc2ncc(N[C@@H](C)c3cc(NC(=O)c4ccc(N5CCN(C)CC5)c(C(F)(F)F)c4)ccc3F)nc2n1. The standard InChI is InChI=1S/C28H30F4N8O/c1-4-40-16-23-26(37-40)36-25(15-33-23)34-17(2)20-14-19(6-7-22(20)29)35-27(41)18-5-8-24(21(13-18)28(30,31)32)39-11-9-38(3)10-12-39/h5-8,13-17H,4,9-12H2,1-3H3,(H,35,41)(H,34,36,37)/t17-/m0/s1. The molecule has 5 rings (SSSR count). The number of fused-ring (bicyclic) bond motifs is 1. The second kappa shape index (κ2) is 11.3. The molecule has 0 aliphatic carbocycles. The number of nitrogens with one attached hydrogen (secondary N) is 2. The number of piperazine rings is 1. The Kier molecular flexibility index (Phi) is 7.80. The van der Waals surface area contributed by atoms with Gasteiger partial charge in [-0.25, -0.2) is 14.4 Å². The van der Waals surface area contributed by atoms with Crippen LogP contribution in [0.3, 0.4) is 0 Å². The minimum Gasteiger partial charge on any atom is -0.368 e. The molecule has 3 heterocycles. The largest absolute Gasteiger partial charge is 0.418 e. The molecule has 0 bridgehead atoms. The molecule has 2 aromatic carbocycles. The molecule has 2 N–H and O–H groups in total. The zero-order valence-electron chi connectivity index (χ0n) is 22.8. The smallest absolute Gasteiger partial charge is 0.368 e. The van der Waals surface area contributed by atoms with Crippen LogP contribution in [-0.2, 0) is 12.7 Å². The van der Waals surface area contributed by atoms with Crippen LogP contribution in [0, 0.1) is 5.82 Å². The molecule has 1 aliphatic rings. The second-order valence-corrected chi connectivity index (χ2v) is 10.0. The van der Waals surface area contributed by atoms with Gasteiger partial charge in [0.1, 0.15) is 17.2 Å². The predicted molar refractivity (Wildman–Crippen MR) is 149 cm³/mol. The number of alkyl halides is 3. The van der Waals surface area contributed by atoms with Gasteiger partial charge in [0.15, 0.2) is 0 Å². The maximum atomic E-state index is 14.8. The van der Waals surface area contributed by atoms with Gasteiger partial charge in [-0.3, -0.25) is 9.48 Å². The minimum absolute atomic E-state index is 0.0499. The highest BCUT2D eigenvalue weighted by Gasteiger charge is 2.36. The van der Waals surface area contributed by atoms with Gasteiger partial charge >= 0.3 is 6.18 Å². The van der Waals surface area contributed by atoms with Crippen LogP contribution in [0.4, 0.5) is 34.8 Å². The van der Waals surface area contributed by atoms with Gasteiger partial charge in [0.25, 0.3) is 5.91 Å². The van der Waals surface area contributed by atoms with E-state index in [2.05, 4.69) is 25.7 Å². The molecule has 1 aliphatic heterocycles. The molecule has 13 heteroatoms. The summed E-state index contributed by atoms with van der Waals surface area (Å²) in [4.78, 5) is 25.5. The summed E-state index contributed by atoms with van der Waals surface area (Å²) in [6.07, 6.45) is -1.34. The molecular weight excluding hydrogens is 540 g/mol. The number of aromatic nitrogens is 4. The Hall–Kier alpha value is -4.26. The van der Waals surface area contributed by atoms with Crippen molar-refractivity contribution < 1.29 is 22.4 Å². The Morgan fingerprint density at radius 1 is 1.10 bits per heavy atom. The lowest BCUT2D eigenvalue weighted by Gasteiger charge is -2.35. The Morgan fingerprint density at radius 3 is 2.56 bits per heavy atom. The second-order valence-electron chi connectivity index (χ2n) is 10.0. The van der Waals surface area contributed by atoms with Crippen molar-refractivity contribution in [1.82, 2.24) is 24.6 Å². The number of aryl methyl sites for hydroxylation is 1. The number of rotatable bonds is 7. The lowest BCUT2D eigenvalue weighted by atomic mass is 10.0. The summed E-state index contributed by atoms with van der Waals surface area (Å²) < 4.78 is 58.5. The van der Waals surface area contributed by atoms with Gasteiger partial charge in [0.05, 0.1) is 24.0 Å². The van der Waals surface area contributed by atoms with Gasteiger partial charge in [-0.05, 0) is 57.3 Å². The lowest BCUT2D eigenvalue weighted by Crippen LogP contribution is -2.45. The average Bonchev–Trinajstić information content (AvgIpc) is 3.36. The van der Waals surface area contributed by atoms with Gasteiger partial charge in [-0.2, -0.15) is 18.3 Å². The minimum atomic E-state index is -4.64. The third-order valence-corrected chi connectivity index (χ3v) is 7.09. The van der Waals surface area contributed by atoms with Crippen molar-refractivity contribution >= 4 is 34.3 Å². The van der Waals surface area contributed by atoms with E-state index in [1.807, 2.05) is 18.9 Å². The molecule has 0 saturated carbocycles. The fraction of sp³-hybridized carbons (Fsp3) is 0.357. The molecule has 1 amide bonds. The molecule has 41 heavy (non-hydrogen) atoms. The topological polar surface area (TPSA) is 91.2 Å². The first kappa shape index (κ1) is 28.3. The number of anilines is 3. The van der Waals surface area contributed by atoms with E-state index in [1.165, 1.54) is 36.5 Å². The van der Waals surface area contributed by atoms with Crippen molar-refractivity contribution in [3.63, 3.8) is 0 Å². The van der Waals surface area contributed by atoms with E-state index >= 15 is 0 Å². The first-order chi connectivity index (χ1) is 19.5. The van der Waals surface area contributed by atoms with E-state index in [-0.39, 0.29) is 22.5 Å². The van der Waals surface area contributed by atoms with Crippen LogP contribution in [0.1, 0.15) is 41.4 Å². The fourth-order valence-corrected chi connectivity index (χ4v) is 4.76. The monoisotopic (exact) mass is 570 g/mol. The number of hydrogen-bond donors (Lipinski definition) is 2. The number of benzene rings is 2. The third kappa shape index (κ3) is 6.24. The van der Waals surface area contributed by atoms with Crippen LogP contribution in [-0.4, -0.2) is 63.8 Å². The summed E-state index contributed by atoms with van der Waals surface area (Å²) in [5.41, 5.74) is 0.573. The molecule has 216 valence electrons. The van der Waals surface area contributed by atoms with Crippen molar-refractivity contribution in [1.29, 1.82) is 0 Å². The lowest BCUT2D eigenvalue weighted by molar-refractivity contribution is -0.137. The van der Waals surface area contributed by atoms with Gasteiger partial charge in [-0.1, -0.05) is 0 Å². The molecule has 0 radical (unpaired) electrons. The van der Waals surface area contributed by atoms with Gasteiger partial charge < -0.3 is 20.4 Å². The van der Waals surface area contributed by atoms with Crippen molar-refractivity contribution in [3.8, 4) is 0 Å². The van der Waals surface area contributed by atoms with Crippen LogP contribution in [0.15, 0.2) is 48.8 Å². The molecule has 2 aromatic heterocycles. The zero-order chi connectivity index (χ0) is 29.3. The predicted octanol–water partition coefficient (Wildman–Crippen LogP) is 5.18. The molecule has 1 atom stereocenters. The maximum absolute atomic E-state index is 14.8. The summed E-state index contributed by atoms with van der Waals surface area (Å²) in [5.74, 6) is -0.870. The highest BCUT2D eigenvalue weighted by molar-refractivity contribution is 6.04. The van der Waals surface area contributed by atoms with Crippen LogP contribution in [0.5, 0.6) is 0 Å². The molecule has 9 nitrogen and oxygen atoms in total. The number of carbonyl (C=O) groups is 1. The highest BCUT2D eigenvalue weighted by Crippen LogP contribution is 2.38. The van der Waals surface area contributed by atoms with Crippen molar-refractivity contribution in [2.24, 2.45) is 0 Å². The van der Waals surface area contributed by atoms with Crippen molar-refractivity contribution in [3.05, 3.63) is 71.3 Å². The Morgan fingerprint density at radius 2 is 1.85 bits per heavy atom. The van der Waals surface area contributed by atoms with Crippen LogP contribution in [0.25, 0.3) is 11.2 Å². The van der Waals surface area contributed by atoms with Crippen molar-refractivity contribution in [2.75, 3.05) is 48.8 Å². The number of hydrogen-bond acceptors (Lipinski definition) is 7. The molecule has 1 saturated heterocycles. The quantitative estimate of drug-likeness (QED) is 0.296. The Balaban J connectivity index is 1.33. The zero-order valence-corrected chi connectivity index (χ0v) is 22.8. The summed E-state index contributed by atoms with van der Waals surface area (Å²) in [7, 11) is 1.92. The molecule has 4 aromatic rings. The van der Waals surface area contributed by atoms with Crippen molar-refractivity contribution in [2.45, 2.75) is 32.6 Å². The number of halogens is 4. The average molecular weight is 571 g/mol. The van der Waals surface area contributed by atoms with Gasteiger partial charge in [0, 0.05) is 55.2 Å². The highest BCUT2D eigenvalue weighted by atomic mass is 19.4. The van der Waals surface area contributed by atoms with Gasteiger partial charge in [-0.15, -0.1) is 0 Å². The number of carbonyl (C=O) groups excluding carboxylic acids is 1. The molecule has 0 spiro atoms. The Labute approximate surface area is 234 Å². The summed E-state index contributed by atoms with van der Waals surface area (Å²) in [6, 6.07) is 6.99. The number of likely N-dealkylation sites (N-methyl/N-ethyl adjacent to an activating group) is 1. The van der Waals surface area contributed by atoms with E-state index < -0.39 is 29.5 Å². The number of nitrogens with zero attached hydrogens (tertiary/aromatic N) is 6. The van der Waals surface area contributed by atoms with E-state index in [9.17, 15) is 22.4 Å². The van der Waals surface area contributed by atoms with Crippen LogP contribution >= 0.6 is 0 Å². The summed E-state index contributed by atoms with van der Waals surface area (Å²) in [6.45, 7) is 6.52. The molecule has 1 fully saturated rings. The van der Waals surface area contributed by atoms with Crippen LogP contribution < -0.4 is 15.5 Å². The van der Waals surface area contributed by atoms with Gasteiger partial charge in [0.2, 0.25) is 5.65 Å². The van der Waals surface area contributed by atoms with E-state index in [0.29, 0.717) is 49.7 Å². The normalized spacial score (nSPS) is 15.2. The number of amides is 1. The van der Waals surface area contributed by atoms with E-state index in [4.69, 9.17) is 0 Å².